The number of thiophene rings is 1. The number of aryl methyl sites for hydroxylation is 2. The molecule has 0 spiro atoms. The third kappa shape index (κ3) is 2.69. The van der Waals surface area contributed by atoms with Crippen LogP contribution in [0.2, 0.25) is 0 Å². The van der Waals surface area contributed by atoms with Crippen LogP contribution in [0.25, 0.3) is 0 Å². The second kappa shape index (κ2) is 5.58. The van der Waals surface area contributed by atoms with Gasteiger partial charge in [0.2, 0.25) is 0 Å². The fourth-order valence-corrected chi connectivity index (χ4v) is 5.55. The summed E-state index contributed by atoms with van der Waals surface area (Å²) in [7, 11) is 0. The maximum absolute atomic E-state index is 5.66. The first-order chi connectivity index (χ1) is 9.54. The van der Waals surface area contributed by atoms with Crippen molar-refractivity contribution < 1.29 is 4.42 Å². The van der Waals surface area contributed by atoms with Gasteiger partial charge in [0.15, 0.2) is 0 Å². The van der Waals surface area contributed by atoms with Gasteiger partial charge in [0.1, 0.15) is 11.5 Å². The van der Waals surface area contributed by atoms with Crippen molar-refractivity contribution in [2.75, 3.05) is 0 Å². The maximum atomic E-state index is 5.66. The first-order valence-corrected chi connectivity index (χ1v) is 8.87. The molecule has 0 aliphatic carbocycles. The minimum absolute atomic E-state index is 0.320. The van der Waals surface area contributed by atoms with Crippen molar-refractivity contribution in [1.82, 2.24) is 5.32 Å². The molecular formula is C16H21NOS2. The van der Waals surface area contributed by atoms with Crippen LogP contribution in [-0.4, -0.2) is 5.25 Å². The van der Waals surface area contributed by atoms with Crippen LogP contribution in [0.5, 0.6) is 0 Å². The zero-order valence-electron chi connectivity index (χ0n) is 12.4. The standard InChI is InChI=1S/C16H21NOS2/c1-9-7-14(12(4)18-9)11(3)17-15-8-10(2)20-16-13(15)5-6-19-16/h5-7,10-11,15,17H,8H2,1-4H3/t10-,11?,15?/m0/s1. The summed E-state index contributed by atoms with van der Waals surface area (Å²) in [6.45, 7) is 8.62. The molecule has 3 atom stereocenters. The Balaban J connectivity index is 1.80. The highest BCUT2D eigenvalue weighted by Gasteiger charge is 2.28. The molecule has 2 aromatic rings. The SMILES string of the molecule is Cc1cc(C(C)NC2C[C@H](C)Sc3sccc32)c(C)o1. The highest BCUT2D eigenvalue weighted by molar-refractivity contribution is 8.01. The summed E-state index contributed by atoms with van der Waals surface area (Å²) in [5, 5.41) is 6.68. The van der Waals surface area contributed by atoms with E-state index in [9.17, 15) is 0 Å². The number of thioether (sulfide) groups is 1. The van der Waals surface area contributed by atoms with Crippen LogP contribution in [0.15, 0.2) is 26.1 Å². The monoisotopic (exact) mass is 307 g/mol. The number of fused-ring (bicyclic) bond motifs is 1. The van der Waals surface area contributed by atoms with Crippen LogP contribution in [0.1, 0.15) is 55.0 Å². The van der Waals surface area contributed by atoms with E-state index < -0.39 is 0 Å². The summed E-state index contributed by atoms with van der Waals surface area (Å²) in [6.07, 6.45) is 1.19. The van der Waals surface area contributed by atoms with Gasteiger partial charge in [0.05, 0.1) is 4.21 Å². The molecular weight excluding hydrogens is 286 g/mol. The van der Waals surface area contributed by atoms with E-state index in [1.807, 2.05) is 30.0 Å². The van der Waals surface area contributed by atoms with Crippen molar-refractivity contribution in [3.63, 3.8) is 0 Å². The third-order valence-corrected chi connectivity index (χ3v) is 6.25. The molecule has 1 aliphatic rings. The molecule has 3 rings (SSSR count). The molecule has 4 heteroatoms. The Morgan fingerprint density at radius 1 is 1.40 bits per heavy atom. The van der Waals surface area contributed by atoms with Gasteiger partial charge in [-0.05, 0) is 50.3 Å². The third-order valence-electron chi connectivity index (χ3n) is 3.91. The Kier molecular flexibility index (Phi) is 3.98. The van der Waals surface area contributed by atoms with Gasteiger partial charge in [-0.15, -0.1) is 23.1 Å². The average molecular weight is 307 g/mol. The lowest BCUT2D eigenvalue weighted by molar-refractivity contribution is 0.427. The molecule has 2 unspecified atom stereocenters. The fourth-order valence-electron chi connectivity index (χ4n) is 2.98. The van der Waals surface area contributed by atoms with E-state index in [4.69, 9.17) is 4.42 Å². The molecule has 108 valence electrons. The molecule has 20 heavy (non-hydrogen) atoms. The number of hydrogen-bond donors (Lipinski definition) is 1. The van der Waals surface area contributed by atoms with Crippen LogP contribution >= 0.6 is 23.1 Å². The first-order valence-electron chi connectivity index (χ1n) is 7.11. The normalized spacial score (nSPS) is 23.6. The largest absolute Gasteiger partial charge is 0.466 e. The van der Waals surface area contributed by atoms with Crippen molar-refractivity contribution in [2.24, 2.45) is 0 Å². The lowest BCUT2D eigenvalue weighted by Gasteiger charge is -2.30. The van der Waals surface area contributed by atoms with E-state index >= 15 is 0 Å². The van der Waals surface area contributed by atoms with Gasteiger partial charge in [-0.2, -0.15) is 0 Å². The molecule has 0 bridgehead atoms. The maximum Gasteiger partial charge on any atom is 0.105 e. The van der Waals surface area contributed by atoms with Crippen molar-refractivity contribution in [3.8, 4) is 0 Å². The van der Waals surface area contributed by atoms with E-state index in [0.29, 0.717) is 17.3 Å². The summed E-state index contributed by atoms with van der Waals surface area (Å²) >= 11 is 3.88. The van der Waals surface area contributed by atoms with Crippen molar-refractivity contribution in [3.05, 3.63) is 40.2 Å². The molecule has 0 amide bonds. The molecule has 0 saturated heterocycles. The number of rotatable bonds is 3. The zero-order chi connectivity index (χ0) is 14.3. The highest BCUT2D eigenvalue weighted by atomic mass is 32.2. The van der Waals surface area contributed by atoms with Gasteiger partial charge in [-0.25, -0.2) is 0 Å². The van der Waals surface area contributed by atoms with Crippen molar-refractivity contribution in [2.45, 2.75) is 55.7 Å². The Morgan fingerprint density at radius 3 is 2.90 bits per heavy atom. The van der Waals surface area contributed by atoms with Crippen LogP contribution in [0.4, 0.5) is 0 Å². The minimum Gasteiger partial charge on any atom is -0.466 e. The second-order valence-corrected chi connectivity index (χ2v) is 8.26. The van der Waals surface area contributed by atoms with Crippen LogP contribution in [0, 0.1) is 13.8 Å². The topological polar surface area (TPSA) is 25.2 Å². The predicted molar refractivity (Wildman–Crippen MR) is 86.7 cm³/mol. The molecule has 0 radical (unpaired) electrons. The average Bonchev–Trinajstić information content (AvgIpc) is 2.95. The molecule has 2 nitrogen and oxygen atoms in total. The summed E-state index contributed by atoms with van der Waals surface area (Å²) in [6, 6.07) is 5.21. The molecule has 1 aliphatic heterocycles. The zero-order valence-corrected chi connectivity index (χ0v) is 14.0. The number of nitrogens with one attached hydrogen (secondary N) is 1. The van der Waals surface area contributed by atoms with Gasteiger partial charge in [0, 0.05) is 22.9 Å². The van der Waals surface area contributed by atoms with Gasteiger partial charge in [-0.1, -0.05) is 6.92 Å². The van der Waals surface area contributed by atoms with Gasteiger partial charge >= 0.3 is 0 Å². The van der Waals surface area contributed by atoms with Crippen LogP contribution in [-0.2, 0) is 0 Å². The van der Waals surface area contributed by atoms with E-state index in [2.05, 4.69) is 43.6 Å². The van der Waals surface area contributed by atoms with E-state index in [1.54, 1.807) is 0 Å². The van der Waals surface area contributed by atoms with Gasteiger partial charge in [0.25, 0.3) is 0 Å². The van der Waals surface area contributed by atoms with E-state index in [-0.39, 0.29) is 0 Å². The van der Waals surface area contributed by atoms with Gasteiger partial charge in [-0.3, -0.25) is 0 Å². The highest BCUT2D eigenvalue weighted by Crippen LogP contribution is 2.44. The summed E-state index contributed by atoms with van der Waals surface area (Å²) in [5.41, 5.74) is 2.76. The van der Waals surface area contributed by atoms with Crippen LogP contribution < -0.4 is 5.32 Å². The smallest absolute Gasteiger partial charge is 0.105 e. The predicted octanol–water partition coefficient (Wildman–Crippen LogP) is 5.23. The lowest BCUT2D eigenvalue weighted by Crippen LogP contribution is -2.28. The Bertz CT molecular complexity index is 601. The Labute approximate surface area is 129 Å². The molecule has 3 heterocycles. The Hall–Kier alpha value is -0.710. The van der Waals surface area contributed by atoms with Crippen molar-refractivity contribution >= 4 is 23.1 Å². The number of hydrogen-bond acceptors (Lipinski definition) is 4. The van der Waals surface area contributed by atoms with Crippen LogP contribution in [0.3, 0.4) is 0 Å². The van der Waals surface area contributed by atoms with E-state index in [1.165, 1.54) is 21.8 Å². The molecule has 0 fully saturated rings. The first kappa shape index (κ1) is 14.2. The minimum atomic E-state index is 0.320. The molecule has 0 aromatic carbocycles. The Morgan fingerprint density at radius 2 is 2.20 bits per heavy atom. The molecule has 1 N–H and O–H groups in total. The summed E-state index contributed by atoms with van der Waals surface area (Å²) in [4.78, 5) is 0. The summed E-state index contributed by atoms with van der Waals surface area (Å²) in [5.74, 6) is 2.03. The van der Waals surface area contributed by atoms with Crippen molar-refractivity contribution in [1.29, 1.82) is 0 Å². The van der Waals surface area contributed by atoms with E-state index in [0.717, 1.165) is 11.5 Å². The second-order valence-electron chi connectivity index (χ2n) is 5.64. The summed E-state index contributed by atoms with van der Waals surface area (Å²) < 4.78 is 7.14. The van der Waals surface area contributed by atoms with Gasteiger partial charge < -0.3 is 9.73 Å². The molecule has 0 saturated carbocycles. The fraction of sp³-hybridized carbons (Fsp3) is 0.500. The lowest BCUT2D eigenvalue weighted by atomic mass is 10.0. The molecule has 2 aromatic heterocycles. The quantitative estimate of drug-likeness (QED) is 0.840. The number of furan rings is 1.